The molecule has 0 aliphatic rings. The van der Waals surface area contributed by atoms with Gasteiger partial charge in [-0.25, -0.2) is 0 Å². The molecule has 1 aromatic carbocycles. The lowest BCUT2D eigenvalue weighted by molar-refractivity contribution is -0.384. The fourth-order valence-corrected chi connectivity index (χ4v) is 2.96. The predicted molar refractivity (Wildman–Crippen MR) is 112 cm³/mol. The number of non-ortho nitro benzene ring substituents is 1. The van der Waals surface area contributed by atoms with Crippen LogP contribution >= 0.6 is 0 Å². The number of nitrogens with zero attached hydrogens (tertiary/aromatic N) is 5. The van der Waals surface area contributed by atoms with Crippen molar-refractivity contribution >= 4 is 17.3 Å². The Hall–Kier alpha value is -3.10. The summed E-state index contributed by atoms with van der Waals surface area (Å²) in [6, 6.07) is 6.38. The minimum Gasteiger partial charge on any atom is -0.383 e. The van der Waals surface area contributed by atoms with E-state index in [-0.39, 0.29) is 5.69 Å². The molecule has 0 amide bonds. The number of nitrogens with one attached hydrogen (secondary N) is 2. The van der Waals surface area contributed by atoms with Gasteiger partial charge in [0, 0.05) is 70.4 Å². The minimum absolute atomic E-state index is 0.0851. The third-order valence-electron chi connectivity index (χ3n) is 4.28. The summed E-state index contributed by atoms with van der Waals surface area (Å²) in [7, 11) is 5.69. The number of anilines is 1. The smallest absolute Gasteiger partial charge is 0.269 e. The molecule has 9 heteroatoms. The lowest BCUT2D eigenvalue weighted by Crippen LogP contribution is -2.40. The number of aryl methyl sites for hydroxylation is 1. The number of nitro groups is 1. The van der Waals surface area contributed by atoms with Gasteiger partial charge in [0.25, 0.3) is 5.69 Å². The van der Waals surface area contributed by atoms with Crippen LogP contribution in [-0.2, 0) is 13.6 Å². The summed E-state index contributed by atoms with van der Waals surface area (Å²) in [6.45, 7) is 6.33. The predicted octanol–water partition coefficient (Wildman–Crippen LogP) is 2.57. The fraction of sp³-hybridized carbons (Fsp3) is 0.474. The average Bonchev–Trinajstić information content (AvgIpc) is 3.02. The van der Waals surface area contributed by atoms with Crippen LogP contribution in [0.1, 0.15) is 31.0 Å². The van der Waals surface area contributed by atoms with Crippen molar-refractivity contribution in [2.75, 3.05) is 32.5 Å². The van der Waals surface area contributed by atoms with Crippen molar-refractivity contribution < 1.29 is 4.92 Å². The highest BCUT2D eigenvalue weighted by molar-refractivity contribution is 5.79. The number of hydrogen-bond donors (Lipinski definition) is 2. The number of aliphatic imine (C=N–C) groups is 1. The van der Waals surface area contributed by atoms with Gasteiger partial charge in [-0.1, -0.05) is 13.8 Å². The zero-order valence-electron chi connectivity index (χ0n) is 17.1. The quantitative estimate of drug-likeness (QED) is 0.237. The van der Waals surface area contributed by atoms with Crippen LogP contribution in [0.5, 0.6) is 0 Å². The van der Waals surface area contributed by atoms with E-state index in [2.05, 4.69) is 45.7 Å². The Morgan fingerprint density at radius 2 is 2.00 bits per heavy atom. The molecule has 9 nitrogen and oxygen atoms in total. The Morgan fingerprint density at radius 1 is 1.32 bits per heavy atom. The summed E-state index contributed by atoms with van der Waals surface area (Å²) in [5, 5.41) is 21.8. The third-order valence-corrected chi connectivity index (χ3v) is 4.28. The first-order valence-corrected chi connectivity index (χ1v) is 9.24. The molecule has 0 unspecified atom stereocenters. The maximum atomic E-state index is 10.7. The van der Waals surface area contributed by atoms with Crippen LogP contribution in [0, 0.1) is 10.1 Å². The molecule has 0 fully saturated rings. The Kier molecular flexibility index (Phi) is 7.36. The number of benzene rings is 1. The van der Waals surface area contributed by atoms with Crippen molar-refractivity contribution in [1.29, 1.82) is 0 Å². The van der Waals surface area contributed by atoms with Gasteiger partial charge in [-0.3, -0.25) is 19.8 Å². The van der Waals surface area contributed by atoms with Crippen LogP contribution in [0.15, 0.2) is 35.5 Å². The van der Waals surface area contributed by atoms with Crippen LogP contribution in [-0.4, -0.2) is 52.7 Å². The summed E-state index contributed by atoms with van der Waals surface area (Å²) < 4.78 is 1.85. The first-order chi connectivity index (χ1) is 13.3. The first-order valence-electron chi connectivity index (χ1n) is 9.24. The molecule has 2 aromatic rings. The van der Waals surface area contributed by atoms with E-state index in [1.807, 2.05) is 18.8 Å². The Bertz CT molecular complexity index is 812. The van der Waals surface area contributed by atoms with Crippen molar-refractivity contribution in [3.63, 3.8) is 0 Å². The van der Waals surface area contributed by atoms with Crippen LogP contribution in [0.4, 0.5) is 11.4 Å². The first kappa shape index (κ1) is 21.2. The summed E-state index contributed by atoms with van der Waals surface area (Å²) in [4.78, 5) is 16.7. The molecule has 0 atom stereocenters. The van der Waals surface area contributed by atoms with E-state index in [9.17, 15) is 10.1 Å². The molecule has 0 saturated carbocycles. The van der Waals surface area contributed by atoms with E-state index >= 15 is 0 Å². The summed E-state index contributed by atoms with van der Waals surface area (Å²) in [5.74, 6) is 1.16. The van der Waals surface area contributed by atoms with Crippen LogP contribution in [0.25, 0.3) is 0 Å². The van der Waals surface area contributed by atoms with Crippen LogP contribution < -0.4 is 10.6 Å². The molecule has 1 aromatic heterocycles. The topological polar surface area (TPSA) is 101 Å². The number of guanidine groups is 1. The van der Waals surface area contributed by atoms with Crippen molar-refractivity contribution in [3.05, 3.63) is 51.8 Å². The molecule has 0 aliphatic carbocycles. The highest BCUT2D eigenvalue weighted by atomic mass is 16.6. The second-order valence-electron chi connectivity index (χ2n) is 6.93. The molecule has 2 N–H and O–H groups in total. The van der Waals surface area contributed by atoms with Gasteiger partial charge in [0.15, 0.2) is 5.96 Å². The van der Waals surface area contributed by atoms with E-state index in [0.29, 0.717) is 19.0 Å². The summed E-state index contributed by atoms with van der Waals surface area (Å²) >= 11 is 0. The van der Waals surface area contributed by atoms with Crippen molar-refractivity contribution in [3.8, 4) is 0 Å². The molecule has 2 rings (SSSR count). The van der Waals surface area contributed by atoms with Crippen molar-refractivity contribution in [1.82, 2.24) is 20.0 Å². The monoisotopic (exact) mass is 387 g/mol. The van der Waals surface area contributed by atoms with Gasteiger partial charge in [0.2, 0.25) is 0 Å². The number of nitro benzene ring substituents is 1. The molecular formula is C19H29N7O2. The fourth-order valence-electron chi connectivity index (χ4n) is 2.96. The molecule has 0 aliphatic heterocycles. The second kappa shape index (κ2) is 9.72. The lowest BCUT2D eigenvalue weighted by atomic mass is 10.1. The van der Waals surface area contributed by atoms with Crippen molar-refractivity contribution in [2.45, 2.75) is 26.3 Å². The van der Waals surface area contributed by atoms with E-state index in [0.717, 1.165) is 23.9 Å². The minimum atomic E-state index is -0.405. The Balaban J connectivity index is 1.84. The van der Waals surface area contributed by atoms with Gasteiger partial charge in [-0.15, -0.1) is 0 Å². The number of aromatic nitrogens is 2. The third kappa shape index (κ3) is 5.70. The largest absolute Gasteiger partial charge is 0.383 e. The normalized spacial score (nSPS) is 11.6. The highest BCUT2D eigenvalue weighted by Crippen LogP contribution is 2.18. The summed E-state index contributed by atoms with van der Waals surface area (Å²) in [5.41, 5.74) is 3.21. The molecule has 28 heavy (non-hydrogen) atoms. The molecule has 0 saturated heterocycles. The average molecular weight is 387 g/mol. The molecule has 0 radical (unpaired) electrons. The maximum Gasteiger partial charge on any atom is 0.269 e. The van der Waals surface area contributed by atoms with Crippen molar-refractivity contribution in [2.24, 2.45) is 12.0 Å². The zero-order chi connectivity index (χ0) is 20.7. The molecule has 0 spiro atoms. The van der Waals surface area contributed by atoms with Gasteiger partial charge in [-0.05, 0) is 18.1 Å². The molecule has 152 valence electrons. The zero-order valence-corrected chi connectivity index (χ0v) is 17.1. The lowest BCUT2D eigenvalue weighted by Gasteiger charge is -2.22. The van der Waals surface area contributed by atoms with Gasteiger partial charge in [0.05, 0.1) is 10.6 Å². The summed E-state index contributed by atoms with van der Waals surface area (Å²) in [6.07, 6.45) is 2.05. The maximum absolute atomic E-state index is 10.7. The van der Waals surface area contributed by atoms with E-state index in [1.54, 1.807) is 19.2 Å². The second-order valence-corrected chi connectivity index (χ2v) is 6.93. The molecular weight excluding hydrogens is 358 g/mol. The standard InChI is InChI=1S/C19H29N7O2/c1-14(2)18-15(13-25(5)23-18)12-24(4)19(20-3)22-11-10-21-16-6-8-17(9-7-16)26(27)28/h6-9,13-14,21H,10-12H2,1-5H3,(H,20,22). The molecule has 0 bridgehead atoms. The van der Waals surface area contributed by atoms with Crippen LogP contribution in [0.2, 0.25) is 0 Å². The van der Waals surface area contributed by atoms with E-state index in [1.165, 1.54) is 17.7 Å². The SMILES string of the molecule is CN=C(NCCNc1ccc([N+](=O)[O-])cc1)N(C)Cc1cn(C)nc1C(C)C. The Labute approximate surface area is 165 Å². The van der Waals surface area contributed by atoms with E-state index in [4.69, 9.17) is 0 Å². The number of rotatable bonds is 8. The van der Waals surface area contributed by atoms with Gasteiger partial charge >= 0.3 is 0 Å². The van der Waals surface area contributed by atoms with E-state index < -0.39 is 4.92 Å². The van der Waals surface area contributed by atoms with Gasteiger partial charge in [-0.2, -0.15) is 5.10 Å². The molecule has 1 heterocycles. The van der Waals surface area contributed by atoms with Gasteiger partial charge < -0.3 is 15.5 Å². The van der Waals surface area contributed by atoms with Crippen LogP contribution in [0.3, 0.4) is 0 Å². The Morgan fingerprint density at radius 3 is 2.57 bits per heavy atom. The number of hydrogen-bond acceptors (Lipinski definition) is 5. The highest BCUT2D eigenvalue weighted by Gasteiger charge is 2.15. The van der Waals surface area contributed by atoms with Gasteiger partial charge in [0.1, 0.15) is 0 Å².